The third kappa shape index (κ3) is 3.96. The van der Waals surface area contributed by atoms with Crippen molar-refractivity contribution in [2.24, 2.45) is 0 Å². The minimum absolute atomic E-state index is 0.00305. The van der Waals surface area contributed by atoms with Crippen LogP contribution in [0.1, 0.15) is 80.1 Å². The van der Waals surface area contributed by atoms with E-state index in [2.05, 4.69) is 20.8 Å². The summed E-state index contributed by atoms with van der Waals surface area (Å²) < 4.78 is 26.8. The second-order valence-corrected chi connectivity index (χ2v) is 10.0. The Morgan fingerprint density at radius 3 is 2.38 bits per heavy atom. The lowest BCUT2D eigenvalue weighted by Crippen LogP contribution is -2.38. The molecule has 2 aromatic rings. The van der Waals surface area contributed by atoms with Crippen LogP contribution in [0, 0.1) is 11.2 Å². The fourth-order valence-electron chi connectivity index (χ4n) is 4.74. The van der Waals surface area contributed by atoms with Crippen molar-refractivity contribution in [3.63, 3.8) is 0 Å². The molecular weight excluding hydrogens is 435 g/mol. The molecule has 0 bridgehead atoms. The Bertz CT molecular complexity index is 1150. The highest BCUT2D eigenvalue weighted by atomic mass is 19.1. The molecular formula is C27H33FN2O4. The van der Waals surface area contributed by atoms with Crippen LogP contribution in [0.25, 0.3) is 0 Å². The first-order valence-electron chi connectivity index (χ1n) is 11.8. The van der Waals surface area contributed by atoms with Crippen LogP contribution in [0.2, 0.25) is 0 Å². The van der Waals surface area contributed by atoms with Gasteiger partial charge in [-0.3, -0.25) is 10.2 Å². The number of halogens is 1. The molecule has 2 N–H and O–H groups in total. The molecule has 1 aliphatic heterocycles. The second-order valence-electron chi connectivity index (χ2n) is 10.0. The van der Waals surface area contributed by atoms with E-state index in [1.54, 1.807) is 24.0 Å². The van der Waals surface area contributed by atoms with E-state index in [-0.39, 0.29) is 48.1 Å². The molecule has 1 fully saturated rings. The van der Waals surface area contributed by atoms with E-state index in [1.807, 2.05) is 19.1 Å². The van der Waals surface area contributed by atoms with Crippen LogP contribution in [-0.4, -0.2) is 41.4 Å². The average Bonchev–Trinajstić information content (AvgIpc) is 3.56. The van der Waals surface area contributed by atoms with Gasteiger partial charge in [0.1, 0.15) is 5.84 Å². The van der Waals surface area contributed by atoms with Crippen molar-refractivity contribution < 1.29 is 23.8 Å². The van der Waals surface area contributed by atoms with Gasteiger partial charge < -0.3 is 19.5 Å². The van der Waals surface area contributed by atoms with Gasteiger partial charge in [-0.05, 0) is 67.0 Å². The quantitative estimate of drug-likeness (QED) is 0.537. The first-order chi connectivity index (χ1) is 16.1. The smallest absolute Gasteiger partial charge is 0.197 e. The maximum atomic E-state index is 15.6. The van der Waals surface area contributed by atoms with Gasteiger partial charge in [0.2, 0.25) is 0 Å². The molecule has 6 nitrogen and oxygen atoms in total. The van der Waals surface area contributed by atoms with Gasteiger partial charge in [0.15, 0.2) is 23.1 Å². The summed E-state index contributed by atoms with van der Waals surface area (Å²) >= 11 is 0. The SMILES string of the molecule is CCOc1cc2c(c(F)c1OCC)C(=N)N(CC(=O)c1cc(CO)cc(C(C)(C)C)c1)C21CC1. The number of hydrogen-bond donors (Lipinski definition) is 2. The van der Waals surface area contributed by atoms with Crippen LogP contribution in [0.4, 0.5) is 4.39 Å². The molecule has 4 rings (SSSR count). The van der Waals surface area contributed by atoms with Crippen molar-refractivity contribution >= 4 is 11.6 Å². The van der Waals surface area contributed by atoms with Crippen molar-refractivity contribution in [2.75, 3.05) is 19.8 Å². The summed E-state index contributed by atoms with van der Waals surface area (Å²) in [6.45, 7) is 10.2. The maximum Gasteiger partial charge on any atom is 0.197 e. The fourth-order valence-corrected chi connectivity index (χ4v) is 4.74. The van der Waals surface area contributed by atoms with Gasteiger partial charge in [0.05, 0.1) is 37.5 Å². The molecule has 1 saturated carbocycles. The summed E-state index contributed by atoms with van der Waals surface area (Å²) in [5, 5.41) is 18.5. The molecule has 1 heterocycles. The standard InChI is InChI=1S/C27H33FN2O4/c1-6-33-21-13-19-22(23(28)24(21)34-7-2)25(29)30(27(19)8-9-27)14-20(32)17-10-16(15-31)11-18(12-17)26(3,4)5/h10-13,29,31H,6-9,14-15H2,1-5H3. The Morgan fingerprint density at radius 2 is 1.82 bits per heavy atom. The number of hydrogen-bond acceptors (Lipinski definition) is 5. The van der Waals surface area contributed by atoms with Crippen molar-refractivity contribution in [3.05, 3.63) is 57.9 Å². The fraction of sp³-hybridized carbons (Fsp3) is 0.481. The predicted octanol–water partition coefficient (Wildman–Crippen LogP) is 4.93. The summed E-state index contributed by atoms with van der Waals surface area (Å²) in [6, 6.07) is 7.25. The summed E-state index contributed by atoms with van der Waals surface area (Å²) in [4.78, 5) is 15.1. The Hall–Kier alpha value is -2.93. The minimum Gasteiger partial charge on any atom is -0.490 e. The molecule has 0 atom stereocenters. The molecule has 0 saturated heterocycles. The van der Waals surface area contributed by atoms with Crippen LogP contribution >= 0.6 is 0 Å². The van der Waals surface area contributed by atoms with Crippen molar-refractivity contribution in [1.29, 1.82) is 5.41 Å². The number of Topliss-reactive ketones (excluding diaryl/α,β-unsaturated/α-hetero) is 1. The highest BCUT2D eigenvalue weighted by Crippen LogP contribution is 2.58. The lowest BCUT2D eigenvalue weighted by molar-refractivity contribution is 0.0943. The molecule has 1 spiro atoms. The Balaban J connectivity index is 1.71. The van der Waals surface area contributed by atoms with Gasteiger partial charge in [-0.15, -0.1) is 0 Å². The van der Waals surface area contributed by atoms with E-state index in [1.165, 1.54) is 0 Å². The minimum atomic E-state index is -0.605. The average molecular weight is 469 g/mol. The van der Waals surface area contributed by atoms with Crippen molar-refractivity contribution in [1.82, 2.24) is 4.90 Å². The highest BCUT2D eigenvalue weighted by Gasteiger charge is 2.58. The van der Waals surface area contributed by atoms with Crippen LogP contribution in [-0.2, 0) is 17.6 Å². The highest BCUT2D eigenvalue weighted by molar-refractivity contribution is 6.07. The monoisotopic (exact) mass is 468 g/mol. The van der Waals surface area contributed by atoms with E-state index < -0.39 is 11.4 Å². The zero-order valence-electron chi connectivity index (χ0n) is 20.5. The summed E-state index contributed by atoms with van der Waals surface area (Å²) in [6.07, 6.45) is 1.47. The van der Waals surface area contributed by atoms with E-state index in [9.17, 15) is 9.90 Å². The largest absolute Gasteiger partial charge is 0.490 e. The zero-order chi connectivity index (χ0) is 24.8. The lowest BCUT2D eigenvalue weighted by Gasteiger charge is -2.27. The van der Waals surface area contributed by atoms with Crippen LogP contribution < -0.4 is 9.47 Å². The Morgan fingerprint density at radius 1 is 1.15 bits per heavy atom. The number of aliphatic hydroxyl groups is 1. The molecule has 2 aromatic carbocycles. The third-order valence-corrected chi connectivity index (χ3v) is 6.69. The van der Waals surface area contributed by atoms with Crippen LogP contribution in [0.15, 0.2) is 24.3 Å². The molecule has 0 unspecified atom stereocenters. The number of ether oxygens (including phenoxy) is 2. The van der Waals surface area contributed by atoms with Crippen molar-refractivity contribution in [2.45, 2.75) is 65.0 Å². The molecule has 0 aromatic heterocycles. The topological polar surface area (TPSA) is 82.9 Å². The number of nitrogens with zero attached hydrogens (tertiary/aromatic N) is 1. The summed E-state index contributed by atoms with van der Waals surface area (Å²) in [5.41, 5.74) is 2.24. The number of aliphatic hydroxyl groups excluding tert-OH is 1. The number of fused-ring (bicyclic) bond motifs is 2. The van der Waals surface area contributed by atoms with Gasteiger partial charge in [-0.1, -0.05) is 26.8 Å². The molecule has 2 aliphatic rings. The molecule has 1 aliphatic carbocycles. The van der Waals surface area contributed by atoms with E-state index in [4.69, 9.17) is 14.9 Å². The first kappa shape index (κ1) is 24.2. The van der Waals surface area contributed by atoms with Gasteiger partial charge >= 0.3 is 0 Å². The van der Waals surface area contributed by atoms with Crippen molar-refractivity contribution in [3.8, 4) is 11.5 Å². The number of ketones is 1. The van der Waals surface area contributed by atoms with Gasteiger partial charge in [0, 0.05) is 5.56 Å². The molecule has 182 valence electrons. The molecule has 0 radical (unpaired) electrons. The molecule has 34 heavy (non-hydrogen) atoms. The summed E-state index contributed by atoms with van der Waals surface area (Å²) in [5.74, 6) is -0.427. The van der Waals surface area contributed by atoms with E-state index in [0.717, 1.165) is 18.4 Å². The third-order valence-electron chi connectivity index (χ3n) is 6.69. The Kier molecular flexibility index (Phi) is 6.19. The van der Waals surface area contributed by atoms with Gasteiger partial charge in [-0.25, -0.2) is 4.39 Å². The Labute approximate surface area is 200 Å². The number of carbonyl (C=O) groups excluding carboxylic acids is 1. The zero-order valence-corrected chi connectivity index (χ0v) is 20.5. The predicted molar refractivity (Wildman–Crippen MR) is 129 cm³/mol. The number of benzene rings is 2. The van der Waals surface area contributed by atoms with Crippen LogP contribution in [0.5, 0.6) is 11.5 Å². The van der Waals surface area contributed by atoms with Gasteiger partial charge in [0.25, 0.3) is 0 Å². The first-order valence-corrected chi connectivity index (χ1v) is 11.8. The normalized spacial score (nSPS) is 16.1. The number of rotatable bonds is 8. The van der Waals surface area contributed by atoms with E-state index in [0.29, 0.717) is 29.0 Å². The lowest BCUT2D eigenvalue weighted by atomic mass is 9.84. The van der Waals surface area contributed by atoms with E-state index >= 15 is 4.39 Å². The second kappa shape index (κ2) is 8.69. The summed E-state index contributed by atoms with van der Waals surface area (Å²) in [7, 11) is 0. The number of carbonyl (C=O) groups is 1. The number of nitrogens with one attached hydrogen (secondary N) is 1. The molecule has 7 heteroatoms. The van der Waals surface area contributed by atoms with Gasteiger partial charge in [-0.2, -0.15) is 0 Å². The maximum absolute atomic E-state index is 15.6. The number of amidine groups is 1. The molecule has 0 amide bonds. The van der Waals surface area contributed by atoms with Crippen LogP contribution in [0.3, 0.4) is 0 Å².